The average Bonchev–Trinajstić information content (AvgIpc) is 3.00. The van der Waals surface area contributed by atoms with E-state index in [0.29, 0.717) is 24.5 Å². The van der Waals surface area contributed by atoms with Crippen LogP contribution in [-0.2, 0) is 4.79 Å². The zero-order valence-electron chi connectivity index (χ0n) is 13.0. The van der Waals surface area contributed by atoms with Crippen molar-refractivity contribution in [3.8, 4) is 11.5 Å². The second-order valence-corrected chi connectivity index (χ2v) is 5.54. The van der Waals surface area contributed by atoms with E-state index in [4.69, 9.17) is 9.47 Å². The molecule has 1 amide bonds. The number of benzene rings is 1. The van der Waals surface area contributed by atoms with Crippen LogP contribution < -0.4 is 14.8 Å². The van der Waals surface area contributed by atoms with Gasteiger partial charge in [-0.25, -0.2) is 0 Å². The van der Waals surface area contributed by atoms with Crippen LogP contribution in [0.15, 0.2) is 18.2 Å². The Bertz CT molecular complexity index is 467. The Morgan fingerprint density at radius 2 is 2.05 bits per heavy atom. The minimum absolute atomic E-state index is 0.0770. The van der Waals surface area contributed by atoms with Gasteiger partial charge in [0.15, 0.2) is 11.5 Å². The third-order valence-corrected chi connectivity index (χ3v) is 4.00. The van der Waals surface area contributed by atoms with Gasteiger partial charge in [0, 0.05) is 18.2 Å². The predicted octanol–water partition coefficient (Wildman–Crippen LogP) is 4.00. The molecule has 0 spiro atoms. The summed E-state index contributed by atoms with van der Waals surface area (Å²) in [6.07, 6.45) is 6.80. The molecule has 0 atom stereocenters. The molecule has 4 nitrogen and oxygen atoms in total. The molecule has 4 heteroatoms. The van der Waals surface area contributed by atoms with Crippen LogP contribution in [0.4, 0.5) is 5.69 Å². The monoisotopic (exact) mass is 291 g/mol. The lowest BCUT2D eigenvalue weighted by Gasteiger charge is -2.12. The average molecular weight is 291 g/mol. The highest BCUT2D eigenvalue weighted by molar-refractivity contribution is 5.91. The van der Waals surface area contributed by atoms with Crippen LogP contribution in [0.2, 0.25) is 0 Å². The largest absolute Gasteiger partial charge is 0.493 e. The molecule has 0 radical (unpaired) electrons. The number of rotatable bonds is 7. The molecular formula is C17H25NO3. The van der Waals surface area contributed by atoms with Crippen molar-refractivity contribution in [2.24, 2.45) is 5.92 Å². The van der Waals surface area contributed by atoms with Crippen molar-refractivity contribution in [1.82, 2.24) is 0 Å². The number of carbonyl (C=O) groups is 1. The van der Waals surface area contributed by atoms with E-state index in [-0.39, 0.29) is 5.91 Å². The Morgan fingerprint density at radius 3 is 2.71 bits per heavy atom. The van der Waals surface area contributed by atoms with E-state index in [9.17, 15) is 4.79 Å². The van der Waals surface area contributed by atoms with Crippen LogP contribution >= 0.6 is 0 Å². The Kier molecular flexibility index (Phi) is 5.90. The van der Waals surface area contributed by atoms with Crippen molar-refractivity contribution in [3.63, 3.8) is 0 Å². The zero-order chi connectivity index (χ0) is 15.1. The second-order valence-electron chi connectivity index (χ2n) is 5.54. The summed E-state index contributed by atoms with van der Waals surface area (Å²) in [5, 5.41) is 2.94. The number of methoxy groups -OCH3 is 1. The number of amides is 1. The summed E-state index contributed by atoms with van der Waals surface area (Å²) in [5.74, 6) is 2.16. The molecule has 1 aromatic rings. The summed E-state index contributed by atoms with van der Waals surface area (Å²) in [4.78, 5) is 12.0. The van der Waals surface area contributed by atoms with Gasteiger partial charge in [0.05, 0.1) is 13.7 Å². The maximum Gasteiger partial charge on any atom is 0.224 e. The molecule has 1 N–H and O–H groups in total. The summed E-state index contributed by atoms with van der Waals surface area (Å²) in [5.41, 5.74) is 0.756. The maximum atomic E-state index is 12.0. The fourth-order valence-corrected chi connectivity index (χ4v) is 2.88. The third-order valence-electron chi connectivity index (χ3n) is 4.00. The van der Waals surface area contributed by atoms with Crippen molar-refractivity contribution >= 4 is 11.6 Å². The number of carbonyl (C=O) groups excluding carboxylic acids is 1. The quantitative estimate of drug-likeness (QED) is 0.826. The highest BCUT2D eigenvalue weighted by atomic mass is 16.5. The Hall–Kier alpha value is -1.71. The van der Waals surface area contributed by atoms with Gasteiger partial charge in [-0.05, 0) is 31.4 Å². The van der Waals surface area contributed by atoms with Gasteiger partial charge in [-0.15, -0.1) is 0 Å². The molecule has 1 fully saturated rings. The van der Waals surface area contributed by atoms with Crippen molar-refractivity contribution in [2.75, 3.05) is 19.0 Å². The van der Waals surface area contributed by atoms with E-state index in [1.54, 1.807) is 13.2 Å². The standard InChI is InChI=1S/C17H25NO3/c1-3-21-15-10-9-14(12-16(15)20-2)18-17(19)11-8-13-6-4-5-7-13/h9-10,12-13H,3-8,11H2,1-2H3,(H,18,19). The molecule has 0 saturated heterocycles. The predicted molar refractivity (Wildman–Crippen MR) is 84.0 cm³/mol. The molecule has 0 aromatic heterocycles. The fourth-order valence-electron chi connectivity index (χ4n) is 2.88. The zero-order valence-corrected chi connectivity index (χ0v) is 13.0. The van der Waals surface area contributed by atoms with Crippen LogP contribution in [0, 0.1) is 5.92 Å². The molecule has 2 rings (SSSR count). The molecule has 21 heavy (non-hydrogen) atoms. The summed E-state index contributed by atoms with van der Waals surface area (Å²) in [7, 11) is 1.60. The van der Waals surface area contributed by atoms with Gasteiger partial charge in [0.1, 0.15) is 0 Å². The molecule has 1 saturated carbocycles. The van der Waals surface area contributed by atoms with Gasteiger partial charge in [-0.2, -0.15) is 0 Å². The second kappa shape index (κ2) is 7.91. The summed E-state index contributed by atoms with van der Waals surface area (Å²) >= 11 is 0. The smallest absolute Gasteiger partial charge is 0.224 e. The van der Waals surface area contributed by atoms with Crippen LogP contribution in [-0.4, -0.2) is 19.6 Å². The lowest BCUT2D eigenvalue weighted by molar-refractivity contribution is -0.116. The third kappa shape index (κ3) is 4.66. The number of hydrogen-bond acceptors (Lipinski definition) is 3. The van der Waals surface area contributed by atoms with E-state index < -0.39 is 0 Å². The number of ether oxygens (including phenoxy) is 2. The molecule has 1 aliphatic rings. The normalized spacial score (nSPS) is 15.0. The van der Waals surface area contributed by atoms with Crippen molar-refractivity contribution in [3.05, 3.63) is 18.2 Å². The SMILES string of the molecule is CCOc1ccc(NC(=O)CCC2CCCC2)cc1OC. The summed E-state index contributed by atoms with van der Waals surface area (Å²) < 4.78 is 10.8. The molecule has 1 aromatic carbocycles. The summed E-state index contributed by atoms with van der Waals surface area (Å²) in [6, 6.07) is 5.48. The van der Waals surface area contributed by atoms with Gasteiger partial charge in [-0.1, -0.05) is 25.7 Å². The van der Waals surface area contributed by atoms with Gasteiger partial charge in [0.25, 0.3) is 0 Å². The fraction of sp³-hybridized carbons (Fsp3) is 0.588. The first-order chi connectivity index (χ1) is 10.2. The molecule has 0 heterocycles. The van der Waals surface area contributed by atoms with E-state index >= 15 is 0 Å². The van der Waals surface area contributed by atoms with E-state index in [2.05, 4.69) is 5.32 Å². The maximum absolute atomic E-state index is 12.0. The number of anilines is 1. The first-order valence-electron chi connectivity index (χ1n) is 7.83. The topological polar surface area (TPSA) is 47.6 Å². The van der Waals surface area contributed by atoms with Gasteiger partial charge in [0.2, 0.25) is 5.91 Å². The first kappa shape index (κ1) is 15.7. The number of nitrogens with one attached hydrogen (secondary N) is 1. The molecule has 0 bridgehead atoms. The Labute approximate surface area is 126 Å². The summed E-state index contributed by atoms with van der Waals surface area (Å²) in [6.45, 7) is 2.52. The molecule has 1 aliphatic carbocycles. The van der Waals surface area contributed by atoms with Gasteiger partial charge in [-0.3, -0.25) is 4.79 Å². The van der Waals surface area contributed by atoms with Crippen molar-refractivity contribution < 1.29 is 14.3 Å². The highest BCUT2D eigenvalue weighted by Gasteiger charge is 2.16. The van der Waals surface area contributed by atoms with Crippen LogP contribution in [0.5, 0.6) is 11.5 Å². The van der Waals surface area contributed by atoms with Crippen molar-refractivity contribution in [2.45, 2.75) is 45.4 Å². The molecule has 0 unspecified atom stereocenters. The molecular weight excluding hydrogens is 266 g/mol. The van der Waals surface area contributed by atoms with Crippen LogP contribution in [0.1, 0.15) is 45.4 Å². The first-order valence-corrected chi connectivity index (χ1v) is 7.83. The minimum Gasteiger partial charge on any atom is -0.493 e. The highest BCUT2D eigenvalue weighted by Crippen LogP contribution is 2.31. The van der Waals surface area contributed by atoms with Crippen molar-refractivity contribution in [1.29, 1.82) is 0 Å². The van der Waals surface area contributed by atoms with E-state index in [1.807, 2.05) is 19.1 Å². The van der Waals surface area contributed by atoms with E-state index in [1.165, 1.54) is 25.7 Å². The van der Waals surface area contributed by atoms with Gasteiger partial charge >= 0.3 is 0 Å². The van der Waals surface area contributed by atoms with Crippen LogP contribution in [0.3, 0.4) is 0 Å². The Morgan fingerprint density at radius 1 is 1.29 bits per heavy atom. The lowest BCUT2D eigenvalue weighted by atomic mass is 10.0. The van der Waals surface area contributed by atoms with E-state index in [0.717, 1.165) is 18.0 Å². The van der Waals surface area contributed by atoms with Gasteiger partial charge < -0.3 is 14.8 Å². The lowest BCUT2D eigenvalue weighted by Crippen LogP contribution is -2.12. The Balaban J connectivity index is 1.87. The minimum atomic E-state index is 0.0770. The molecule has 116 valence electrons. The van der Waals surface area contributed by atoms with Crippen LogP contribution in [0.25, 0.3) is 0 Å². The number of hydrogen-bond donors (Lipinski definition) is 1. The molecule has 0 aliphatic heterocycles.